The monoisotopic (exact) mass is 184 g/mol. The minimum atomic E-state index is 0.260. The van der Waals surface area contributed by atoms with Crippen molar-refractivity contribution in [3.8, 4) is 0 Å². The van der Waals surface area contributed by atoms with Gasteiger partial charge in [-0.2, -0.15) is 0 Å². The first-order chi connectivity index (χ1) is 5.77. The first kappa shape index (κ1) is 7.76. The Morgan fingerprint density at radius 2 is 2.33 bits per heavy atom. The van der Waals surface area contributed by atoms with Gasteiger partial charge in [-0.3, -0.25) is 0 Å². The van der Waals surface area contributed by atoms with Gasteiger partial charge < -0.3 is 10.6 Å². The lowest BCUT2D eigenvalue weighted by Crippen LogP contribution is -2.56. The number of hydrogen-bond donors (Lipinski definition) is 1. The summed E-state index contributed by atoms with van der Waals surface area (Å²) in [6.45, 7) is 1.66. The van der Waals surface area contributed by atoms with Gasteiger partial charge in [0.05, 0.1) is 6.20 Å². The van der Waals surface area contributed by atoms with E-state index in [-0.39, 0.29) is 6.04 Å². The smallest absolute Gasteiger partial charge is 0.150 e. The molecule has 0 radical (unpaired) electrons. The summed E-state index contributed by atoms with van der Waals surface area (Å²) in [5, 5.41) is 0.587. The van der Waals surface area contributed by atoms with Crippen LogP contribution in [-0.2, 0) is 0 Å². The Balaban J connectivity index is 2.18. The second-order valence-electron chi connectivity index (χ2n) is 2.86. The van der Waals surface area contributed by atoms with Crippen LogP contribution in [0.25, 0.3) is 0 Å². The molecule has 12 heavy (non-hydrogen) atoms. The molecule has 1 fully saturated rings. The van der Waals surface area contributed by atoms with Crippen LogP contribution in [0.3, 0.4) is 0 Å². The molecule has 1 saturated heterocycles. The minimum Gasteiger partial charge on any atom is -0.352 e. The fourth-order valence-corrected chi connectivity index (χ4v) is 1.45. The van der Waals surface area contributed by atoms with Gasteiger partial charge in [0, 0.05) is 19.1 Å². The van der Waals surface area contributed by atoms with E-state index in [0.29, 0.717) is 5.02 Å². The summed E-state index contributed by atoms with van der Waals surface area (Å²) in [6.07, 6.45) is 3.08. The second-order valence-corrected chi connectivity index (χ2v) is 3.27. The van der Waals surface area contributed by atoms with Crippen molar-refractivity contribution in [1.82, 2.24) is 9.97 Å². The van der Waals surface area contributed by atoms with E-state index in [4.69, 9.17) is 17.3 Å². The highest BCUT2D eigenvalue weighted by molar-refractivity contribution is 6.32. The van der Waals surface area contributed by atoms with Crippen molar-refractivity contribution >= 4 is 17.4 Å². The van der Waals surface area contributed by atoms with Gasteiger partial charge in [-0.15, -0.1) is 0 Å². The zero-order valence-electron chi connectivity index (χ0n) is 6.44. The van der Waals surface area contributed by atoms with Crippen molar-refractivity contribution in [2.75, 3.05) is 18.0 Å². The van der Waals surface area contributed by atoms with Crippen molar-refractivity contribution in [3.63, 3.8) is 0 Å². The van der Waals surface area contributed by atoms with Crippen molar-refractivity contribution in [2.45, 2.75) is 6.04 Å². The van der Waals surface area contributed by atoms with E-state index in [9.17, 15) is 0 Å². The number of hydrogen-bond acceptors (Lipinski definition) is 4. The third kappa shape index (κ3) is 1.23. The molecule has 0 saturated carbocycles. The Labute approximate surface area is 75.4 Å². The average Bonchev–Trinajstić information content (AvgIpc) is 2.01. The van der Waals surface area contributed by atoms with Crippen LogP contribution in [0.15, 0.2) is 12.5 Å². The summed E-state index contributed by atoms with van der Waals surface area (Å²) in [4.78, 5) is 9.90. The van der Waals surface area contributed by atoms with Crippen LogP contribution in [0.5, 0.6) is 0 Å². The molecule has 0 bridgehead atoms. The van der Waals surface area contributed by atoms with Crippen LogP contribution in [0.1, 0.15) is 0 Å². The molecule has 1 aromatic heterocycles. The average molecular weight is 185 g/mol. The van der Waals surface area contributed by atoms with Gasteiger partial charge in [-0.1, -0.05) is 11.6 Å². The molecular formula is C7H9ClN4. The summed E-state index contributed by atoms with van der Waals surface area (Å²) in [6, 6.07) is 0.260. The maximum atomic E-state index is 5.87. The molecule has 5 heteroatoms. The Hall–Kier alpha value is -0.870. The van der Waals surface area contributed by atoms with Crippen LogP contribution >= 0.6 is 11.6 Å². The zero-order chi connectivity index (χ0) is 8.55. The largest absolute Gasteiger partial charge is 0.352 e. The lowest BCUT2D eigenvalue weighted by Gasteiger charge is -2.37. The molecule has 4 nitrogen and oxygen atoms in total. The van der Waals surface area contributed by atoms with E-state index in [0.717, 1.165) is 18.9 Å². The molecule has 0 spiro atoms. The molecule has 0 aromatic carbocycles. The third-order valence-corrected chi connectivity index (χ3v) is 2.12. The van der Waals surface area contributed by atoms with Gasteiger partial charge in [0.2, 0.25) is 0 Å². The molecule has 1 aliphatic rings. The molecule has 1 aromatic rings. The van der Waals surface area contributed by atoms with E-state index in [1.807, 2.05) is 4.90 Å². The molecule has 0 aliphatic carbocycles. The number of anilines is 1. The molecule has 2 heterocycles. The highest BCUT2D eigenvalue weighted by atomic mass is 35.5. The number of nitrogens with two attached hydrogens (primary N) is 1. The van der Waals surface area contributed by atoms with E-state index < -0.39 is 0 Å². The molecule has 1 aliphatic heterocycles. The van der Waals surface area contributed by atoms with Crippen molar-refractivity contribution in [2.24, 2.45) is 5.73 Å². The molecule has 0 amide bonds. The zero-order valence-corrected chi connectivity index (χ0v) is 7.20. The lowest BCUT2D eigenvalue weighted by atomic mass is 10.1. The van der Waals surface area contributed by atoms with Crippen molar-refractivity contribution < 1.29 is 0 Å². The number of rotatable bonds is 1. The van der Waals surface area contributed by atoms with Gasteiger partial charge >= 0.3 is 0 Å². The predicted octanol–water partition coefficient (Wildman–Crippen LogP) is 0.277. The summed E-state index contributed by atoms with van der Waals surface area (Å²) >= 11 is 5.87. The van der Waals surface area contributed by atoms with Crippen LogP contribution in [0, 0.1) is 0 Å². The van der Waals surface area contributed by atoms with Crippen LogP contribution in [-0.4, -0.2) is 29.1 Å². The topological polar surface area (TPSA) is 55.0 Å². The summed E-state index contributed by atoms with van der Waals surface area (Å²) in [7, 11) is 0. The van der Waals surface area contributed by atoms with Crippen LogP contribution in [0.4, 0.5) is 5.82 Å². The van der Waals surface area contributed by atoms with Gasteiger partial charge in [0.25, 0.3) is 0 Å². The van der Waals surface area contributed by atoms with Crippen LogP contribution < -0.4 is 10.6 Å². The van der Waals surface area contributed by atoms with E-state index in [2.05, 4.69) is 9.97 Å². The SMILES string of the molecule is NC1CN(c2ncncc2Cl)C1. The van der Waals surface area contributed by atoms with E-state index in [1.165, 1.54) is 6.33 Å². The summed E-state index contributed by atoms with van der Waals surface area (Å²) in [5.74, 6) is 0.786. The Morgan fingerprint density at radius 3 is 2.92 bits per heavy atom. The van der Waals surface area contributed by atoms with Gasteiger partial charge in [-0.05, 0) is 0 Å². The van der Waals surface area contributed by atoms with Gasteiger partial charge in [0.15, 0.2) is 5.82 Å². The summed E-state index contributed by atoms with van der Waals surface area (Å²) in [5.41, 5.74) is 5.63. The quantitative estimate of drug-likeness (QED) is 0.681. The first-order valence-corrected chi connectivity index (χ1v) is 4.11. The number of aromatic nitrogens is 2. The summed E-state index contributed by atoms with van der Waals surface area (Å²) < 4.78 is 0. The normalized spacial score (nSPS) is 17.7. The van der Waals surface area contributed by atoms with Gasteiger partial charge in [0.1, 0.15) is 11.3 Å². The lowest BCUT2D eigenvalue weighted by molar-refractivity contribution is 0.514. The van der Waals surface area contributed by atoms with E-state index in [1.54, 1.807) is 6.20 Å². The molecule has 64 valence electrons. The third-order valence-electron chi connectivity index (χ3n) is 1.86. The maximum Gasteiger partial charge on any atom is 0.150 e. The van der Waals surface area contributed by atoms with E-state index >= 15 is 0 Å². The molecular weight excluding hydrogens is 176 g/mol. The predicted molar refractivity (Wildman–Crippen MR) is 47.2 cm³/mol. The molecule has 2 N–H and O–H groups in total. The molecule has 0 unspecified atom stereocenters. The Kier molecular flexibility index (Phi) is 1.86. The van der Waals surface area contributed by atoms with Crippen molar-refractivity contribution in [1.29, 1.82) is 0 Å². The van der Waals surface area contributed by atoms with Crippen LogP contribution in [0.2, 0.25) is 5.02 Å². The fraction of sp³-hybridized carbons (Fsp3) is 0.429. The second kappa shape index (κ2) is 2.88. The fourth-order valence-electron chi connectivity index (χ4n) is 1.22. The Morgan fingerprint density at radius 1 is 1.58 bits per heavy atom. The number of halogens is 1. The number of nitrogens with zero attached hydrogens (tertiary/aromatic N) is 3. The minimum absolute atomic E-state index is 0.260. The Bertz CT molecular complexity index is 284. The van der Waals surface area contributed by atoms with Crippen molar-refractivity contribution in [3.05, 3.63) is 17.5 Å². The molecule has 2 rings (SSSR count). The first-order valence-electron chi connectivity index (χ1n) is 3.73. The highest BCUT2D eigenvalue weighted by Crippen LogP contribution is 2.24. The van der Waals surface area contributed by atoms with Gasteiger partial charge in [-0.25, -0.2) is 9.97 Å². The highest BCUT2D eigenvalue weighted by Gasteiger charge is 2.25. The standard InChI is InChI=1S/C7H9ClN4/c8-6-1-10-4-11-7(6)12-2-5(9)3-12/h1,4-5H,2-3,9H2. The maximum absolute atomic E-state index is 5.87. The molecule has 0 atom stereocenters.